The highest BCUT2D eigenvalue weighted by Gasteiger charge is 2.29. The van der Waals surface area contributed by atoms with Crippen molar-refractivity contribution < 1.29 is 9.47 Å². The van der Waals surface area contributed by atoms with Gasteiger partial charge in [-0.3, -0.25) is 0 Å². The molecule has 1 rings (SSSR count). The van der Waals surface area contributed by atoms with Crippen LogP contribution in [0.25, 0.3) is 0 Å². The second-order valence-corrected chi connectivity index (χ2v) is 6.04. The van der Waals surface area contributed by atoms with Crippen molar-refractivity contribution >= 4 is 0 Å². The van der Waals surface area contributed by atoms with Crippen LogP contribution in [0.3, 0.4) is 0 Å². The molecule has 0 saturated carbocycles. The van der Waals surface area contributed by atoms with Crippen molar-refractivity contribution in [2.75, 3.05) is 33.9 Å². The maximum Gasteiger partial charge on any atom is 0.0773 e. The van der Waals surface area contributed by atoms with Crippen LogP contribution in [0.2, 0.25) is 0 Å². The average molecular weight is 258 g/mol. The molecular formula is C14H30N2O2. The molecule has 3 atom stereocenters. The zero-order chi connectivity index (χ0) is 13.8. The molecule has 1 aliphatic rings. The predicted octanol–water partition coefficient (Wildman–Crippen LogP) is 1.49. The third-order valence-electron chi connectivity index (χ3n) is 4.45. The Bertz CT molecular complexity index is 246. The maximum absolute atomic E-state index is 6.19. The van der Waals surface area contributed by atoms with Crippen molar-refractivity contribution in [1.29, 1.82) is 0 Å². The first-order valence-electron chi connectivity index (χ1n) is 6.96. The monoisotopic (exact) mass is 258 g/mol. The zero-order valence-corrected chi connectivity index (χ0v) is 12.6. The largest absolute Gasteiger partial charge is 0.380 e. The lowest BCUT2D eigenvalue weighted by atomic mass is 9.93. The summed E-state index contributed by atoms with van der Waals surface area (Å²) in [7, 11) is 3.54. The number of nitrogens with two attached hydrogens (primary N) is 1. The van der Waals surface area contributed by atoms with Gasteiger partial charge in [-0.1, -0.05) is 6.92 Å². The molecule has 0 amide bonds. The van der Waals surface area contributed by atoms with Crippen molar-refractivity contribution in [3.63, 3.8) is 0 Å². The fraction of sp³-hybridized carbons (Fsp3) is 1.00. The van der Waals surface area contributed by atoms with Crippen LogP contribution in [0.1, 0.15) is 33.6 Å². The highest BCUT2D eigenvalue weighted by molar-refractivity contribution is 4.85. The van der Waals surface area contributed by atoms with Crippen LogP contribution in [0.5, 0.6) is 0 Å². The molecular weight excluding hydrogens is 228 g/mol. The lowest BCUT2D eigenvalue weighted by Gasteiger charge is -2.38. The van der Waals surface area contributed by atoms with Gasteiger partial charge in [0.05, 0.1) is 11.7 Å². The summed E-state index contributed by atoms with van der Waals surface area (Å²) in [5, 5.41) is 0. The minimum atomic E-state index is -0.246. The van der Waals surface area contributed by atoms with Crippen molar-refractivity contribution in [3.8, 4) is 0 Å². The Kier molecular flexibility index (Phi) is 6.05. The number of nitrogens with zero attached hydrogens (tertiary/aromatic N) is 1. The van der Waals surface area contributed by atoms with Crippen LogP contribution in [-0.4, -0.2) is 56.5 Å². The molecule has 0 bridgehead atoms. The van der Waals surface area contributed by atoms with E-state index in [9.17, 15) is 0 Å². The minimum absolute atomic E-state index is 0.0721. The molecule has 0 spiro atoms. The van der Waals surface area contributed by atoms with Gasteiger partial charge in [-0.25, -0.2) is 0 Å². The predicted molar refractivity (Wildman–Crippen MR) is 74.7 cm³/mol. The van der Waals surface area contributed by atoms with E-state index >= 15 is 0 Å². The molecule has 4 nitrogen and oxygen atoms in total. The van der Waals surface area contributed by atoms with E-state index in [-0.39, 0.29) is 11.6 Å². The number of hydrogen-bond acceptors (Lipinski definition) is 4. The summed E-state index contributed by atoms with van der Waals surface area (Å²) >= 11 is 0. The third-order valence-corrected chi connectivity index (χ3v) is 4.45. The smallest absolute Gasteiger partial charge is 0.0773 e. The summed E-state index contributed by atoms with van der Waals surface area (Å²) in [6.45, 7) is 9.58. The number of hydrogen-bond donors (Lipinski definition) is 1. The van der Waals surface area contributed by atoms with Gasteiger partial charge in [0, 0.05) is 26.8 Å². The first-order valence-corrected chi connectivity index (χ1v) is 6.96. The van der Waals surface area contributed by atoms with Gasteiger partial charge in [0.15, 0.2) is 0 Å². The van der Waals surface area contributed by atoms with E-state index in [0.717, 1.165) is 26.1 Å². The van der Waals surface area contributed by atoms with E-state index in [0.29, 0.717) is 12.0 Å². The van der Waals surface area contributed by atoms with E-state index in [4.69, 9.17) is 15.2 Å². The first kappa shape index (κ1) is 15.9. The standard InChI is InChI=1S/C14H30N2O2/c1-11-6-8-16(10-12(11)17-4)9-7-13(15)14(2,3)18-5/h11-13H,6-10,15H2,1-5H3. The fourth-order valence-electron chi connectivity index (χ4n) is 2.43. The van der Waals surface area contributed by atoms with E-state index in [1.54, 1.807) is 7.11 Å². The number of ether oxygens (including phenoxy) is 2. The topological polar surface area (TPSA) is 47.7 Å². The van der Waals surface area contributed by atoms with E-state index in [1.165, 1.54) is 6.42 Å². The molecule has 0 aromatic rings. The SMILES string of the molecule is COC1CN(CCC(N)C(C)(C)OC)CCC1C. The van der Waals surface area contributed by atoms with Crippen molar-refractivity contribution in [2.45, 2.75) is 51.4 Å². The van der Waals surface area contributed by atoms with Crippen molar-refractivity contribution in [1.82, 2.24) is 4.90 Å². The molecule has 1 saturated heterocycles. The Morgan fingerprint density at radius 3 is 2.61 bits per heavy atom. The number of likely N-dealkylation sites (tertiary alicyclic amines) is 1. The van der Waals surface area contributed by atoms with Gasteiger partial charge in [-0.15, -0.1) is 0 Å². The van der Waals surface area contributed by atoms with Gasteiger partial charge in [0.1, 0.15) is 0 Å². The Morgan fingerprint density at radius 2 is 2.06 bits per heavy atom. The third kappa shape index (κ3) is 4.19. The second-order valence-electron chi connectivity index (χ2n) is 6.04. The van der Waals surface area contributed by atoms with Crippen LogP contribution in [-0.2, 0) is 9.47 Å². The average Bonchev–Trinajstić information content (AvgIpc) is 2.37. The Balaban J connectivity index is 2.36. The molecule has 0 aliphatic carbocycles. The van der Waals surface area contributed by atoms with Crippen molar-refractivity contribution in [2.24, 2.45) is 11.7 Å². The van der Waals surface area contributed by atoms with Gasteiger partial charge >= 0.3 is 0 Å². The molecule has 0 radical (unpaired) electrons. The minimum Gasteiger partial charge on any atom is -0.380 e. The molecule has 4 heteroatoms. The molecule has 1 aliphatic heterocycles. The van der Waals surface area contributed by atoms with Crippen LogP contribution >= 0.6 is 0 Å². The maximum atomic E-state index is 6.19. The van der Waals surface area contributed by atoms with Crippen LogP contribution in [0.4, 0.5) is 0 Å². The van der Waals surface area contributed by atoms with Crippen LogP contribution in [0.15, 0.2) is 0 Å². The first-order chi connectivity index (χ1) is 8.40. The molecule has 1 fully saturated rings. The van der Waals surface area contributed by atoms with Crippen LogP contribution < -0.4 is 5.73 Å². The lowest BCUT2D eigenvalue weighted by Crippen LogP contribution is -2.49. The highest BCUT2D eigenvalue weighted by atomic mass is 16.5. The quantitative estimate of drug-likeness (QED) is 0.784. The summed E-state index contributed by atoms with van der Waals surface area (Å²) in [6, 6.07) is 0.0721. The molecule has 0 aromatic heterocycles. The summed E-state index contributed by atoms with van der Waals surface area (Å²) in [5.41, 5.74) is 5.94. The molecule has 18 heavy (non-hydrogen) atoms. The normalized spacial score (nSPS) is 28.3. The number of methoxy groups -OCH3 is 2. The summed E-state index contributed by atoms with van der Waals surface area (Å²) < 4.78 is 11.0. The molecule has 108 valence electrons. The summed E-state index contributed by atoms with van der Waals surface area (Å²) in [5.74, 6) is 0.662. The van der Waals surface area contributed by atoms with Gasteiger partial charge in [-0.05, 0) is 45.7 Å². The number of rotatable bonds is 6. The number of piperidine rings is 1. The Hall–Kier alpha value is -0.160. The van der Waals surface area contributed by atoms with Gasteiger partial charge in [-0.2, -0.15) is 0 Å². The van der Waals surface area contributed by atoms with E-state index in [1.807, 2.05) is 21.0 Å². The molecule has 3 unspecified atom stereocenters. The zero-order valence-electron chi connectivity index (χ0n) is 12.6. The lowest BCUT2D eigenvalue weighted by molar-refractivity contribution is -0.0189. The second kappa shape index (κ2) is 6.85. The molecule has 2 N–H and O–H groups in total. The van der Waals surface area contributed by atoms with Gasteiger partial charge in [0.25, 0.3) is 0 Å². The molecule has 1 heterocycles. The van der Waals surface area contributed by atoms with Gasteiger partial charge in [0.2, 0.25) is 0 Å². The van der Waals surface area contributed by atoms with E-state index in [2.05, 4.69) is 11.8 Å². The molecule has 0 aromatic carbocycles. The van der Waals surface area contributed by atoms with Crippen LogP contribution in [0, 0.1) is 5.92 Å². The van der Waals surface area contributed by atoms with E-state index < -0.39 is 0 Å². The Labute approximate surface area is 112 Å². The summed E-state index contributed by atoms with van der Waals surface area (Å²) in [4.78, 5) is 2.46. The fourth-order valence-corrected chi connectivity index (χ4v) is 2.43. The summed E-state index contributed by atoms with van der Waals surface area (Å²) in [6.07, 6.45) is 2.54. The highest BCUT2D eigenvalue weighted by Crippen LogP contribution is 2.21. The van der Waals surface area contributed by atoms with Crippen molar-refractivity contribution in [3.05, 3.63) is 0 Å². The van der Waals surface area contributed by atoms with Gasteiger partial charge < -0.3 is 20.1 Å². The Morgan fingerprint density at radius 1 is 1.39 bits per heavy atom.